The summed E-state index contributed by atoms with van der Waals surface area (Å²) in [4.78, 5) is 0. The minimum Gasteiger partial charge on any atom is -0.267 e. The third-order valence-corrected chi connectivity index (χ3v) is 2.97. The van der Waals surface area contributed by atoms with Crippen LogP contribution in [0.2, 0.25) is 0 Å². The number of nitrogens with zero attached hydrogens (tertiary/aromatic N) is 2. The Kier molecular flexibility index (Phi) is 3.22. The van der Waals surface area contributed by atoms with E-state index in [4.69, 9.17) is 0 Å². The molecule has 1 aromatic heterocycles. The largest absolute Gasteiger partial charge is 0.267 e. The summed E-state index contributed by atoms with van der Waals surface area (Å²) in [7, 11) is 0. The molecule has 0 saturated carbocycles. The van der Waals surface area contributed by atoms with E-state index < -0.39 is 0 Å². The van der Waals surface area contributed by atoms with Gasteiger partial charge in [-0.3, -0.25) is 4.68 Å². The number of aromatic nitrogens is 2. The lowest BCUT2D eigenvalue weighted by atomic mass is 10.2. The second-order valence-corrected chi connectivity index (χ2v) is 4.98. The van der Waals surface area contributed by atoms with Crippen LogP contribution < -0.4 is 0 Å². The molecule has 4 heteroatoms. The highest BCUT2D eigenvalue weighted by Gasteiger charge is 1.97. The highest BCUT2D eigenvalue weighted by atomic mass is 127. The summed E-state index contributed by atoms with van der Waals surface area (Å²) < 4.78 is 4.07. The Morgan fingerprint density at radius 3 is 2.50 bits per heavy atom. The predicted molar refractivity (Wildman–Crippen MR) is 68.2 cm³/mol. The average Bonchev–Trinajstić information content (AvgIpc) is 2.56. The van der Waals surface area contributed by atoms with E-state index in [0.717, 1.165) is 14.7 Å². The van der Waals surface area contributed by atoms with Crippen LogP contribution in [0.15, 0.2) is 41.0 Å². The zero-order valence-corrected chi connectivity index (χ0v) is 11.1. The van der Waals surface area contributed by atoms with E-state index >= 15 is 0 Å². The van der Waals surface area contributed by atoms with Crippen LogP contribution >= 0.6 is 38.5 Å². The Balaban J connectivity index is 2.15. The Morgan fingerprint density at radius 2 is 1.93 bits per heavy atom. The van der Waals surface area contributed by atoms with Crippen molar-refractivity contribution in [2.75, 3.05) is 0 Å². The van der Waals surface area contributed by atoms with Gasteiger partial charge in [-0.05, 0) is 46.4 Å². The van der Waals surface area contributed by atoms with Crippen molar-refractivity contribution < 1.29 is 0 Å². The van der Waals surface area contributed by atoms with Crippen LogP contribution in [0.25, 0.3) is 0 Å². The maximum atomic E-state index is 4.32. The molecule has 0 amide bonds. The van der Waals surface area contributed by atoms with Crippen molar-refractivity contribution in [3.05, 3.63) is 50.3 Å². The highest BCUT2D eigenvalue weighted by molar-refractivity contribution is 14.1. The lowest BCUT2D eigenvalue weighted by Gasteiger charge is -2.01. The molecular weight excluding hydrogens is 355 g/mol. The third kappa shape index (κ3) is 2.57. The molecule has 0 atom stereocenters. The number of benzene rings is 1. The molecule has 0 saturated heterocycles. The Morgan fingerprint density at radius 1 is 1.21 bits per heavy atom. The van der Waals surface area contributed by atoms with E-state index in [1.165, 1.54) is 5.56 Å². The third-order valence-electron chi connectivity index (χ3n) is 1.87. The SMILES string of the molecule is Brc1ccc(Cn2ccc(I)n2)cc1. The molecule has 1 aromatic carbocycles. The number of hydrogen-bond donors (Lipinski definition) is 0. The van der Waals surface area contributed by atoms with Gasteiger partial charge in [0.2, 0.25) is 0 Å². The van der Waals surface area contributed by atoms with Crippen molar-refractivity contribution in [3.8, 4) is 0 Å². The lowest BCUT2D eigenvalue weighted by Crippen LogP contribution is -1.99. The zero-order chi connectivity index (χ0) is 9.97. The summed E-state index contributed by atoms with van der Waals surface area (Å²) >= 11 is 5.62. The van der Waals surface area contributed by atoms with Crippen molar-refractivity contribution in [3.63, 3.8) is 0 Å². The summed E-state index contributed by atoms with van der Waals surface area (Å²) in [6.45, 7) is 0.830. The van der Waals surface area contributed by atoms with E-state index in [1.54, 1.807) is 0 Å². The normalized spacial score (nSPS) is 10.4. The van der Waals surface area contributed by atoms with Gasteiger partial charge in [0.1, 0.15) is 3.70 Å². The first-order chi connectivity index (χ1) is 6.74. The van der Waals surface area contributed by atoms with Gasteiger partial charge in [-0.1, -0.05) is 28.1 Å². The first-order valence-corrected chi connectivity index (χ1v) is 6.04. The van der Waals surface area contributed by atoms with Crippen LogP contribution in [-0.2, 0) is 6.54 Å². The van der Waals surface area contributed by atoms with Crippen molar-refractivity contribution in [2.24, 2.45) is 0 Å². The standard InChI is InChI=1S/C10H8BrIN2/c11-9-3-1-8(2-4-9)7-14-6-5-10(12)13-14/h1-6H,7H2. The minimum absolute atomic E-state index is 0.830. The van der Waals surface area contributed by atoms with Gasteiger partial charge < -0.3 is 0 Å². The Hall–Kier alpha value is -0.360. The van der Waals surface area contributed by atoms with Crippen molar-refractivity contribution >= 4 is 38.5 Å². The zero-order valence-electron chi connectivity index (χ0n) is 7.32. The first-order valence-electron chi connectivity index (χ1n) is 4.17. The average molecular weight is 363 g/mol. The van der Waals surface area contributed by atoms with Gasteiger partial charge in [-0.25, -0.2) is 0 Å². The molecule has 1 heterocycles. The summed E-state index contributed by atoms with van der Waals surface area (Å²) in [6.07, 6.45) is 1.99. The van der Waals surface area contributed by atoms with Crippen LogP contribution in [0.1, 0.15) is 5.56 Å². The van der Waals surface area contributed by atoms with E-state index in [-0.39, 0.29) is 0 Å². The van der Waals surface area contributed by atoms with Gasteiger partial charge in [-0.2, -0.15) is 5.10 Å². The van der Waals surface area contributed by atoms with Gasteiger partial charge in [0.15, 0.2) is 0 Å². The Bertz CT molecular complexity index is 422. The molecule has 0 aliphatic carbocycles. The maximum Gasteiger partial charge on any atom is 0.123 e. The number of hydrogen-bond acceptors (Lipinski definition) is 1. The van der Waals surface area contributed by atoms with E-state index in [9.17, 15) is 0 Å². The first kappa shape index (κ1) is 10.2. The monoisotopic (exact) mass is 362 g/mol. The summed E-state index contributed by atoms with van der Waals surface area (Å²) in [6, 6.07) is 10.3. The molecule has 2 aromatic rings. The van der Waals surface area contributed by atoms with E-state index in [2.05, 4.69) is 55.8 Å². The molecule has 0 bridgehead atoms. The molecule has 0 fully saturated rings. The van der Waals surface area contributed by atoms with E-state index in [0.29, 0.717) is 0 Å². The molecule has 0 radical (unpaired) electrons. The molecule has 0 spiro atoms. The summed E-state index contributed by atoms with van der Waals surface area (Å²) in [5.74, 6) is 0. The molecule has 2 rings (SSSR count). The number of rotatable bonds is 2. The van der Waals surface area contributed by atoms with Gasteiger partial charge >= 0.3 is 0 Å². The van der Waals surface area contributed by atoms with Crippen molar-refractivity contribution in [1.82, 2.24) is 9.78 Å². The maximum absolute atomic E-state index is 4.32. The van der Waals surface area contributed by atoms with Gasteiger partial charge in [-0.15, -0.1) is 0 Å². The fraction of sp³-hybridized carbons (Fsp3) is 0.100. The molecule has 0 aliphatic rings. The minimum atomic E-state index is 0.830. The van der Waals surface area contributed by atoms with Gasteiger partial charge in [0.25, 0.3) is 0 Å². The fourth-order valence-corrected chi connectivity index (χ4v) is 1.90. The second-order valence-electron chi connectivity index (χ2n) is 2.96. The highest BCUT2D eigenvalue weighted by Crippen LogP contribution is 2.11. The molecule has 0 unspecified atom stereocenters. The molecule has 2 nitrogen and oxygen atoms in total. The lowest BCUT2D eigenvalue weighted by molar-refractivity contribution is 0.681. The predicted octanol–water partition coefficient (Wildman–Crippen LogP) is 3.30. The van der Waals surface area contributed by atoms with E-state index in [1.807, 2.05) is 29.1 Å². The van der Waals surface area contributed by atoms with Gasteiger partial charge in [0.05, 0.1) is 6.54 Å². The van der Waals surface area contributed by atoms with Crippen LogP contribution in [0, 0.1) is 3.70 Å². The fourth-order valence-electron chi connectivity index (χ4n) is 1.20. The van der Waals surface area contributed by atoms with Crippen LogP contribution in [0.5, 0.6) is 0 Å². The molecule has 0 N–H and O–H groups in total. The summed E-state index contributed by atoms with van der Waals surface area (Å²) in [5, 5.41) is 4.32. The van der Waals surface area contributed by atoms with Crippen LogP contribution in [0.3, 0.4) is 0 Å². The molecular formula is C10H8BrIN2. The summed E-state index contributed by atoms with van der Waals surface area (Å²) in [5.41, 5.74) is 1.26. The van der Waals surface area contributed by atoms with Crippen LogP contribution in [-0.4, -0.2) is 9.78 Å². The molecule has 72 valence electrons. The van der Waals surface area contributed by atoms with Gasteiger partial charge in [0, 0.05) is 10.7 Å². The Labute approximate surface area is 105 Å². The number of halogens is 2. The smallest absolute Gasteiger partial charge is 0.123 e. The topological polar surface area (TPSA) is 17.8 Å². The van der Waals surface area contributed by atoms with Crippen molar-refractivity contribution in [1.29, 1.82) is 0 Å². The molecule has 14 heavy (non-hydrogen) atoms. The second kappa shape index (κ2) is 4.44. The van der Waals surface area contributed by atoms with Crippen LogP contribution in [0.4, 0.5) is 0 Å². The van der Waals surface area contributed by atoms with Crippen molar-refractivity contribution in [2.45, 2.75) is 6.54 Å². The molecule has 0 aliphatic heterocycles. The quantitative estimate of drug-likeness (QED) is 0.749.